The normalized spacial score (nSPS) is 15.6. The van der Waals surface area contributed by atoms with Gasteiger partial charge < -0.3 is 10.6 Å². The summed E-state index contributed by atoms with van der Waals surface area (Å²) in [5.41, 5.74) is 4.48. The van der Waals surface area contributed by atoms with Gasteiger partial charge in [-0.25, -0.2) is 0 Å². The van der Waals surface area contributed by atoms with Gasteiger partial charge in [-0.15, -0.1) is 0 Å². The number of nitrogens with one attached hydrogen (secondary N) is 2. The molecular weight excluding hydrogens is 372 g/mol. The van der Waals surface area contributed by atoms with Crippen molar-refractivity contribution in [2.45, 2.75) is 17.2 Å². The first-order chi connectivity index (χ1) is 14.2. The number of thioether (sulfide) groups is 1. The van der Waals surface area contributed by atoms with E-state index in [0.29, 0.717) is 0 Å². The average molecular weight is 395 g/mol. The molecule has 1 aliphatic rings. The highest BCUT2D eigenvalue weighted by Gasteiger charge is 2.25. The fourth-order valence-electron chi connectivity index (χ4n) is 3.95. The Morgan fingerprint density at radius 2 is 1.79 bits per heavy atom. The molecule has 4 aromatic carbocycles. The Labute approximate surface area is 175 Å². The van der Waals surface area contributed by atoms with Crippen molar-refractivity contribution in [2.24, 2.45) is 0 Å². The van der Waals surface area contributed by atoms with E-state index in [2.05, 4.69) is 90.0 Å². The Bertz CT molecular complexity index is 1260. The van der Waals surface area contributed by atoms with Crippen LogP contribution < -0.4 is 10.6 Å². The maximum Gasteiger partial charge on any atom is 0.103 e. The molecule has 0 fully saturated rings. The summed E-state index contributed by atoms with van der Waals surface area (Å²) >= 11 is 1.89. The molecule has 1 unspecified atom stereocenters. The number of fused-ring (bicyclic) bond motifs is 5. The highest BCUT2D eigenvalue weighted by Crippen LogP contribution is 2.50. The summed E-state index contributed by atoms with van der Waals surface area (Å²) in [6.07, 6.45) is 3.96. The number of allylic oxidation sites excluding steroid dienone is 2. The van der Waals surface area contributed by atoms with E-state index >= 15 is 0 Å². The number of rotatable bonds is 4. The molecule has 0 saturated heterocycles. The van der Waals surface area contributed by atoms with Crippen molar-refractivity contribution in [3.05, 3.63) is 103 Å². The zero-order valence-corrected chi connectivity index (χ0v) is 17.1. The number of benzene rings is 4. The van der Waals surface area contributed by atoms with Gasteiger partial charge in [0.25, 0.3) is 0 Å². The summed E-state index contributed by atoms with van der Waals surface area (Å²) in [6, 6.07) is 26.1. The van der Waals surface area contributed by atoms with Crippen LogP contribution in [0.3, 0.4) is 0 Å². The second kappa shape index (κ2) is 7.34. The molecule has 142 valence electrons. The van der Waals surface area contributed by atoms with Crippen LogP contribution in [0.25, 0.3) is 21.5 Å². The molecule has 0 saturated carbocycles. The van der Waals surface area contributed by atoms with Gasteiger partial charge in [0, 0.05) is 21.7 Å². The highest BCUT2D eigenvalue weighted by molar-refractivity contribution is 8.00. The van der Waals surface area contributed by atoms with Crippen molar-refractivity contribution >= 4 is 44.7 Å². The molecule has 29 heavy (non-hydrogen) atoms. The van der Waals surface area contributed by atoms with Crippen LogP contribution in [0.5, 0.6) is 0 Å². The molecule has 0 bridgehead atoms. The Morgan fingerprint density at radius 1 is 1.00 bits per heavy atom. The van der Waals surface area contributed by atoms with Gasteiger partial charge in [-0.3, -0.25) is 0 Å². The van der Waals surface area contributed by atoms with Crippen molar-refractivity contribution in [3.63, 3.8) is 0 Å². The lowest BCUT2D eigenvalue weighted by Crippen LogP contribution is -2.01. The third kappa shape index (κ3) is 3.28. The van der Waals surface area contributed by atoms with E-state index in [9.17, 15) is 0 Å². The minimum Gasteiger partial charge on any atom is -0.368 e. The quantitative estimate of drug-likeness (QED) is 0.274. The number of hydrogen-bond acceptors (Lipinski definition) is 3. The maximum absolute atomic E-state index is 4.04. The summed E-state index contributed by atoms with van der Waals surface area (Å²) in [4.78, 5) is 1.31. The lowest BCUT2D eigenvalue weighted by Gasteiger charge is -2.13. The predicted octanol–water partition coefficient (Wildman–Crippen LogP) is 7.71. The molecule has 0 spiro atoms. The van der Waals surface area contributed by atoms with Gasteiger partial charge in [-0.1, -0.05) is 79.0 Å². The third-order valence-electron chi connectivity index (χ3n) is 5.26. The van der Waals surface area contributed by atoms with Gasteiger partial charge in [-0.05, 0) is 52.9 Å². The minimum absolute atomic E-state index is 0.247. The molecule has 0 radical (unpaired) electrons. The minimum atomic E-state index is 0.247. The van der Waals surface area contributed by atoms with Crippen molar-refractivity contribution in [1.29, 1.82) is 0 Å². The van der Waals surface area contributed by atoms with E-state index in [0.717, 1.165) is 11.4 Å². The molecule has 1 heterocycles. The van der Waals surface area contributed by atoms with Crippen LogP contribution >= 0.6 is 11.8 Å². The fourth-order valence-corrected chi connectivity index (χ4v) is 5.10. The van der Waals surface area contributed by atoms with Gasteiger partial charge in [0.1, 0.15) is 5.37 Å². The summed E-state index contributed by atoms with van der Waals surface area (Å²) in [7, 11) is 0. The molecule has 4 aromatic rings. The maximum atomic E-state index is 4.04. The van der Waals surface area contributed by atoms with Crippen molar-refractivity contribution < 1.29 is 0 Å². The first-order valence-electron chi connectivity index (χ1n) is 9.79. The van der Waals surface area contributed by atoms with E-state index in [1.54, 1.807) is 0 Å². The second-order valence-corrected chi connectivity index (χ2v) is 8.39. The van der Waals surface area contributed by atoms with Crippen LogP contribution in [-0.2, 0) is 0 Å². The van der Waals surface area contributed by atoms with E-state index in [4.69, 9.17) is 0 Å². The van der Waals surface area contributed by atoms with Crippen molar-refractivity contribution in [1.82, 2.24) is 0 Å². The van der Waals surface area contributed by atoms with E-state index in [1.807, 2.05) is 30.8 Å². The molecule has 2 nitrogen and oxygen atoms in total. The van der Waals surface area contributed by atoms with Gasteiger partial charge in [0.15, 0.2) is 0 Å². The molecule has 3 heteroatoms. The van der Waals surface area contributed by atoms with Crippen LogP contribution in [0.1, 0.15) is 17.9 Å². The van der Waals surface area contributed by atoms with Crippen molar-refractivity contribution in [2.75, 3.05) is 10.6 Å². The first kappa shape index (κ1) is 17.9. The number of hydrogen-bond donors (Lipinski definition) is 2. The van der Waals surface area contributed by atoms with Crippen LogP contribution in [0.4, 0.5) is 11.4 Å². The Balaban J connectivity index is 1.59. The summed E-state index contributed by atoms with van der Waals surface area (Å²) in [6.45, 7) is 6.04. The third-order valence-corrected chi connectivity index (χ3v) is 6.48. The van der Waals surface area contributed by atoms with Gasteiger partial charge >= 0.3 is 0 Å². The second-order valence-electron chi connectivity index (χ2n) is 7.24. The molecular formula is C26H22N2S. The number of anilines is 2. The Hall–Kier alpha value is -3.17. The van der Waals surface area contributed by atoms with E-state index in [1.165, 1.54) is 37.7 Å². The van der Waals surface area contributed by atoms with Crippen molar-refractivity contribution in [3.8, 4) is 0 Å². The van der Waals surface area contributed by atoms with Crippen LogP contribution in [0, 0.1) is 0 Å². The van der Waals surface area contributed by atoms with Gasteiger partial charge in [0.05, 0.1) is 5.69 Å². The van der Waals surface area contributed by atoms with Crippen LogP contribution in [-0.4, -0.2) is 0 Å². The SMILES string of the molecule is C=C(/C=C\C)Nc1ccc2c(ccc3ccc4c(c32)NC(c2ccccc2)S4)c1. The molecule has 1 atom stereocenters. The average Bonchev–Trinajstić information content (AvgIpc) is 3.18. The molecule has 1 aliphatic heterocycles. The molecule has 5 rings (SSSR count). The largest absolute Gasteiger partial charge is 0.368 e. The predicted molar refractivity (Wildman–Crippen MR) is 128 cm³/mol. The highest BCUT2D eigenvalue weighted by atomic mass is 32.2. The van der Waals surface area contributed by atoms with Crippen LogP contribution in [0.2, 0.25) is 0 Å². The molecule has 0 aromatic heterocycles. The monoisotopic (exact) mass is 394 g/mol. The van der Waals surface area contributed by atoms with Crippen LogP contribution in [0.15, 0.2) is 102 Å². The molecule has 0 aliphatic carbocycles. The topological polar surface area (TPSA) is 24.1 Å². The smallest absolute Gasteiger partial charge is 0.103 e. The summed E-state index contributed by atoms with van der Waals surface area (Å²) in [5.74, 6) is 0. The van der Waals surface area contributed by atoms with Gasteiger partial charge in [0.2, 0.25) is 0 Å². The molecule has 2 N–H and O–H groups in total. The van der Waals surface area contributed by atoms with E-state index < -0.39 is 0 Å². The van der Waals surface area contributed by atoms with E-state index in [-0.39, 0.29) is 5.37 Å². The lowest BCUT2D eigenvalue weighted by molar-refractivity contribution is 1.14. The zero-order valence-electron chi connectivity index (χ0n) is 16.3. The first-order valence-corrected chi connectivity index (χ1v) is 10.7. The summed E-state index contributed by atoms with van der Waals surface area (Å²) in [5, 5.41) is 12.4. The Morgan fingerprint density at radius 3 is 2.62 bits per heavy atom. The fraction of sp³-hybridized carbons (Fsp3) is 0.0769. The standard InChI is InChI=1S/C26H22N2S/c1-3-7-17(2)27-21-13-14-22-20(16-21)11-10-18-12-15-23-25(24(18)22)28-26(29-23)19-8-5-4-6-9-19/h3-16,26-28H,2H2,1H3/b7-3-. The molecule has 0 amide bonds. The zero-order chi connectivity index (χ0) is 19.8. The van der Waals surface area contributed by atoms with Gasteiger partial charge in [-0.2, -0.15) is 0 Å². The Kier molecular flexibility index (Phi) is 4.53. The lowest BCUT2D eigenvalue weighted by atomic mass is 9.99. The summed E-state index contributed by atoms with van der Waals surface area (Å²) < 4.78 is 0.